The molecule has 0 radical (unpaired) electrons. The van der Waals surface area contributed by atoms with Crippen molar-refractivity contribution in [1.82, 2.24) is 9.55 Å². The summed E-state index contributed by atoms with van der Waals surface area (Å²) < 4.78 is 5.81. The molecule has 1 aliphatic heterocycles. The predicted molar refractivity (Wildman–Crippen MR) is 59.8 cm³/mol. The van der Waals surface area contributed by atoms with E-state index in [0.29, 0.717) is 0 Å². The zero-order valence-corrected chi connectivity index (χ0v) is 9.46. The van der Waals surface area contributed by atoms with E-state index in [1.165, 1.54) is 0 Å². The van der Waals surface area contributed by atoms with Gasteiger partial charge in [0.25, 0.3) is 5.56 Å². The zero-order valence-electron chi connectivity index (χ0n) is 9.46. The average molecular weight is 273 g/mol. The molecular formula is C9H11N3O7. The number of nitrogens with one attached hydrogen (secondary N) is 1. The molecule has 0 amide bonds. The topological polar surface area (TPSA) is 154 Å². The number of ether oxygens (including phenoxy) is 1. The lowest BCUT2D eigenvalue weighted by Gasteiger charge is -2.16. The average Bonchev–Trinajstić information content (AvgIpc) is 2.67. The zero-order chi connectivity index (χ0) is 14.2. The van der Waals surface area contributed by atoms with Crippen molar-refractivity contribution in [3.05, 3.63) is 31.9 Å². The second-order valence-electron chi connectivity index (χ2n) is 4.00. The molecule has 0 spiro atoms. The number of aromatic amines is 1. The Morgan fingerprint density at radius 3 is 2.58 bits per heavy atom. The minimum Gasteiger partial charge on any atom is -0.394 e. The van der Waals surface area contributed by atoms with Gasteiger partial charge in [0.05, 0.1) is 6.61 Å². The van der Waals surface area contributed by atoms with Gasteiger partial charge >= 0.3 is 5.69 Å². The first-order valence-corrected chi connectivity index (χ1v) is 5.31. The van der Waals surface area contributed by atoms with Crippen molar-refractivity contribution in [2.24, 2.45) is 5.18 Å². The number of hydrogen-bond acceptors (Lipinski definition) is 8. The maximum Gasteiger partial charge on any atom is 0.330 e. The van der Waals surface area contributed by atoms with Crippen LogP contribution in [-0.2, 0) is 4.74 Å². The molecule has 0 saturated carbocycles. The molecule has 4 N–H and O–H groups in total. The number of nitrogens with zero attached hydrogens (tertiary/aromatic N) is 2. The highest BCUT2D eigenvalue weighted by Crippen LogP contribution is 2.28. The Morgan fingerprint density at radius 1 is 1.37 bits per heavy atom. The summed E-state index contributed by atoms with van der Waals surface area (Å²) in [6, 6.07) is 0. The molecule has 0 bridgehead atoms. The third kappa shape index (κ3) is 2.21. The summed E-state index contributed by atoms with van der Waals surface area (Å²) in [4.78, 5) is 34.9. The largest absolute Gasteiger partial charge is 0.394 e. The number of aromatic nitrogens is 2. The Morgan fingerprint density at radius 2 is 2.05 bits per heavy atom. The van der Waals surface area contributed by atoms with Crippen LogP contribution in [0.1, 0.15) is 6.23 Å². The summed E-state index contributed by atoms with van der Waals surface area (Å²) in [6.07, 6.45) is -4.50. The van der Waals surface area contributed by atoms with E-state index in [-0.39, 0.29) is 0 Å². The molecule has 1 fully saturated rings. The highest BCUT2D eigenvalue weighted by Gasteiger charge is 2.43. The van der Waals surface area contributed by atoms with E-state index >= 15 is 0 Å². The van der Waals surface area contributed by atoms with Crippen molar-refractivity contribution < 1.29 is 20.1 Å². The van der Waals surface area contributed by atoms with Crippen molar-refractivity contribution in [2.75, 3.05) is 6.61 Å². The predicted octanol–water partition coefficient (Wildman–Crippen LogP) is -2.45. The smallest absolute Gasteiger partial charge is 0.330 e. The molecule has 104 valence electrons. The third-order valence-corrected chi connectivity index (χ3v) is 2.84. The van der Waals surface area contributed by atoms with E-state index in [4.69, 9.17) is 9.84 Å². The van der Waals surface area contributed by atoms with Gasteiger partial charge in [0.2, 0.25) is 0 Å². The normalized spacial score (nSPS) is 30.5. The van der Waals surface area contributed by atoms with Crippen LogP contribution < -0.4 is 11.2 Å². The van der Waals surface area contributed by atoms with Gasteiger partial charge in [0, 0.05) is 6.20 Å². The minimum absolute atomic E-state index is 0.564. The van der Waals surface area contributed by atoms with Gasteiger partial charge in [0.1, 0.15) is 18.3 Å². The maximum atomic E-state index is 11.6. The Labute approximate surface area is 104 Å². The highest BCUT2D eigenvalue weighted by molar-refractivity contribution is 5.29. The molecule has 1 aromatic rings. The molecule has 2 rings (SSSR count). The summed E-state index contributed by atoms with van der Waals surface area (Å²) in [5, 5.41) is 30.6. The quantitative estimate of drug-likeness (QED) is 0.445. The van der Waals surface area contributed by atoms with Gasteiger partial charge in [0.15, 0.2) is 11.9 Å². The Hall–Kier alpha value is -1.88. The molecule has 0 aromatic carbocycles. The van der Waals surface area contributed by atoms with Gasteiger partial charge in [-0.15, -0.1) is 4.91 Å². The second-order valence-corrected chi connectivity index (χ2v) is 4.00. The van der Waals surface area contributed by atoms with Gasteiger partial charge in [-0.1, -0.05) is 0 Å². The second kappa shape index (κ2) is 5.01. The van der Waals surface area contributed by atoms with Crippen LogP contribution in [-0.4, -0.2) is 49.8 Å². The maximum absolute atomic E-state index is 11.6. The Bertz CT molecular complexity index is 594. The molecule has 10 nitrogen and oxygen atoms in total. The van der Waals surface area contributed by atoms with E-state index in [0.717, 1.165) is 10.8 Å². The van der Waals surface area contributed by atoms with Gasteiger partial charge in [-0.25, -0.2) is 4.79 Å². The summed E-state index contributed by atoms with van der Waals surface area (Å²) in [5.74, 6) is 0. The first-order valence-electron chi connectivity index (χ1n) is 5.31. The highest BCUT2D eigenvalue weighted by atomic mass is 16.6. The van der Waals surface area contributed by atoms with E-state index in [9.17, 15) is 24.7 Å². The minimum atomic E-state index is -1.50. The van der Waals surface area contributed by atoms with Crippen LogP contribution in [0.3, 0.4) is 0 Å². The fraction of sp³-hybridized carbons (Fsp3) is 0.556. The molecule has 10 heteroatoms. The Kier molecular flexibility index (Phi) is 3.57. The third-order valence-electron chi connectivity index (χ3n) is 2.84. The van der Waals surface area contributed by atoms with Crippen LogP contribution in [0.2, 0.25) is 0 Å². The van der Waals surface area contributed by atoms with Gasteiger partial charge < -0.3 is 20.1 Å². The van der Waals surface area contributed by atoms with E-state index in [2.05, 4.69) is 5.18 Å². The van der Waals surface area contributed by atoms with Crippen LogP contribution in [0.15, 0.2) is 21.0 Å². The molecule has 1 aliphatic rings. The van der Waals surface area contributed by atoms with Gasteiger partial charge in [-0.2, -0.15) is 0 Å². The number of hydrogen-bond donors (Lipinski definition) is 4. The molecule has 1 aromatic heterocycles. The van der Waals surface area contributed by atoms with Crippen molar-refractivity contribution in [2.45, 2.75) is 24.5 Å². The lowest BCUT2D eigenvalue weighted by atomic mass is 10.1. The van der Waals surface area contributed by atoms with Gasteiger partial charge in [-0.05, 0) is 5.18 Å². The van der Waals surface area contributed by atoms with Crippen molar-refractivity contribution in [3.8, 4) is 0 Å². The first kappa shape index (κ1) is 13.5. The summed E-state index contributed by atoms with van der Waals surface area (Å²) in [5.41, 5.74) is -2.48. The molecular weight excluding hydrogens is 262 g/mol. The van der Waals surface area contributed by atoms with Crippen molar-refractivity contribution >= 4 is 5.69 Å². The van der Waals surface area contributed by atoms with Crippen LogP contribution >= 0.6 is 0 Å². The van der Waals surface area contributed by atoms with E-state index < -0.39 is 48.1 Å². The lowest BCUT2D eigenvalue weighted by Crippen LogP contribution is -2.37. The summed E-state index contributed by atoms with van der Waals surface area (Å²) in [7, 11) is 0. The van der Waals surface area contributed by atoms with Crippen LogP contribution in [0.5, 0.6) is 0 Å². The van der Waals surface area contributed by atoms with Crippen molar-refractivity contribution in [1.29, 1.82) is 0 Å². The molecule has 4 atom stereocenters. The number of H-pyrrole nitrogens is 1. The molecule has 2 unspecified atom stereocenters. The van der Waals surface area contributed by atoms with Gasteiger partial charge in [-0.3, -0.25) is 14.3 Å². The summed E-state index contributed by atoms with van der Waals surface area (Å²) in [6.45, 7) is -0.564. The molecule has 19 heavy (non-hydrogen) atoms. The first-order chi connectivity index (χ1) is 8.99. The standard InChI is InChI=1S/C9H11N3O7/c13-2-4-5(14)6(15)8(19-4)12-1-3(11-18)7(16)10-9(12)17/h1,4-6,8,13-15H,2H2,(H,10,16,17)/t4-,5?,6?,8-/m0/s1. The fourth-order valence-electron chi connectivity index (χ4n) is 1.84. The van der Waals surface area contributed by atoms with Crippen LogP contribution in [0.25, 0.3) is 0 Å². The number of aliphatic hydroxyl groups excluding tert-OH is 3. The fourth-order valence-corrected chi connectivity index (χ4v) is 1.84. The monoisotopic (exact) mass is 273 g/mol. The molecule has 0 aliphatic carbocycles. The number of rotatable bonds is 3. The number of nitroso groups, excluding NO2 is 1. The van der Waals surface area contributed by atoms with Crippen LogP contribution in [0.4, 0.5) is 5.69 Å². The Balaban J connectivity index is 2.46. The SMILES string of the molecule is O=Nc1cn([C@H]2O[C@@H](CO)C(O)C2O)c(=O)[nH]c1=O. The van der Waals surface area contributed by atoms with Crippen LogP contribution in [0, 0.1) is 4.91 Å². The number of aliphatic hydroxyl groups is 3. The van der Waals surface area contributed by atoms with Crippen molar-refractivity contribution in [3.63, 3.8) is 0 Å². The lowest BCUT2D eigenvalue weighted by molar-refractivity contribution is -0.0549. The molecule has 1 saturated heterocycles. The van der Waals surface area contributed by atoms with E-state index in [1.54, 1.807) is 0 Å². The molecule has 2 heterocycles. The van der Waals surface area contributed by atoms with E-state index in [1.807, 2.05) is 4.98 Å². The summed E-state index contributed by atoms with van der Waals surface area (Å²) >= 11 is 0.